The first kappa shape index (κ1) is 22.6. The molecule has 1 atom stereocenters. The lowest BCUT2D eigenvalue weighted by atomic mass is 9.88. The Morgan fingerprint density at radius 1 is 1.13 bits per heavy atom. The maximum atomic E-state index is 12.7. The molecule has 2 aliphatic rings. The highest BCUT2D eigenvalue weighted by Crippen LogP contribution is 2.26. The topological polar surface area (TPSA) is 66.0 Å². The highest BCUT2D eigenvalue weighted by atomic mass is 16.5. The number of likely N-dealkylation sites (tertiary alicyclic amines) is 1. The van der Waals surface area contributed by atoms with Gasteiger partial charge in [-0.05, 0) is 37.7 Å². The summed E-state index contributed by atoms with van der Waals surface area (Å²) in [6.07, 6.45) is 8.90. The zero-order valence-electron chi connectivity index (χ0n) is 18.4. The fraction of sp³-hybridized carbons (Fsp3) is 0.667. The lowest BCUT2D eigenvalue weighted by Crippen LogP contribution is -2.45. The first-order valence-electron chi connectivity index (χ1n) is 11.6. The number of hydrogen-bond donors (Lipinski definition) is 2. The van der Waals surface area contributed by atoms with Crippen LogP contribution in [0.4, 0.5) is 0 Å². The number of nitrogens with zero attached hydrogens (tertiary/aromatic N) is 2. The molecule has 1 unspecified atom stereocenters. The van der Waals surface area contributed by atoms with Gasteiger partial charge in [-0.1, -0.05) is 49.6 Å². The minimum atomic E-state index is 0.263. The van der Waals surface area contributed by atoms with Crippen molar-refractivity contribution in [3.63, 3.8) is 0 Å². The van der Waals surface area contributed by atoms with E-state index in [1.54, 1.807) is 7.05 Å². The Morgan fingerprint density at radius 2 is 1.93 bits per heavy atom. The molecule has 6 heteroatoms. The number of hydrogen-bond acceptors (Lipinski definition) is 3. The molecular weight excluding hydrogens is 376 g/mol. The summed E-state index contributed by atoms with van der Waals surface area (Å²) in [6, 6.07) is 10.6. The highest BCUT2D eigenvalue weighted by Gasteiger charge is 2.31. The van der Waals surface area contributed by atoms with Crippen LogP contribution in [0.2, 0.25) is 0 Å². The van der Waals surface area contributed by atoms with E-state index in [1.165, 1.54) is 24.8 Å². The van der Waals surface area contributed by atoms with Crippen LogP contribution >= 0.6 is 0 Å². The van der Waals surface area contributed by atoms with Gasteiger partial charge in [0.15, 0.2) is 5.96 Å². The lowest BCUT2D eigenvalue weighted by molar-refractivity contribution is -0.135. The van der Waals surface area contributed by atoms with E-state index in [4.69, 9.17) is 4.74 Å². The van der Waals surface area contributed by atoms with Gasteiger partial charge in [0, 0.05) is 45.2 Å². The fourth-order valence-electron chi connectivity index (χ4n) is 4.37. The SMILES string of the molecule is CN=C(NCCCCOCc1ccccc1)NC1CCN(C(=O)C2CCCCC2)C1. The second-order valence-corrected chi connectivity index (χ2v) is 8.49. The fourth-order valence-corrected chi connectivity index (χ4v) is 4.37. The number of guanidine groups is 1. The standard InChI is InChI=1S/C24H38N4O2/c1-25-24(26-15-8-9-17-30-19-20-10-4-2-5-11-20)27-22-14-16-28(18-22)23(29)21-12-6-3-7-13-21/h2,4-5,10-11,21-22H,3,6-9,12-19H2,1H3,(H2,25,26,27). The number of carbonyl (C=O) groups excluding carboxylic acids is 1. The van der Waals surface area contributed by atoms with E-state index in [9.17, 15) is 4.79 Å². The second kappa shape index (κ2) is 12.6. The second-order valence-electron chi connectivity index (χ2n) is 8.49. The van der Waals surface area contributed by atoms with Crippen molar-refractivity contribution in [1.29, 1.82) is 0 Å². The molecule has 0 bridgehead atoms. The van der Waals surface area contributed by atoms with Crippen LogP contribution in [0, 0.1) is 5.92 Å². The number of benzene rings is 1. The van der Waals surface area contributed by atoms with Crippen molar-refractivity contribution >= 4 is 11.9 Å². The predicted molar refractivity (Wildman–Crippen MR) is 121 cm³/mol. The summed E-state index contributed by atoms with van der Waals surface area (Å²) in [4.78, 5) is 19.1. The summed E-state index contributed by atoms with van der Waals surface area (Å²) in [5.41, 5.74) is 1.22. The molecule has 2 N–H and O–H groups in total. The summed E-state index contributed by atoms with van der Waals surface area (Å²) < 4.78 is 5.73. The number of ether oxygens (including phenoxy) is 1. The Kier molecular flexibility index (Phi) is 9.48. The molecule has 1 aromatic rings. The van der Waals surface area contributed by atoms with Crippen molar-refractivity contribution in [1.82, 2.24) is 15.5 Å². The Balaban J connectivity index is 1.26. The molecule has 1 saturated carbocycles. The van der Waals surface area contributed by atoms with Crippen LogP contribution in [0.3, 0.4) is 0 Å². The summed E-state index contributed by atoms with van der Waals surface area (Å²) in [7, 11) is 1.80. The Hall–Kier alpha value is -2.08. The lowest BCUT2D eigenvalue weighted by Gasteiger charge is -2.26. The molecule has 3 rings (SSSR count). The predicted octanol–water partition coefficient (Wildman–Crippen LogP) is 3.33. The van der Waals surface area contributed by atoms with Crippen molar-refractivity contribution in [3.8, 4) is 0 Å². The van der Waals surface area contributed by atoms with Crippen molar-refractivity contribution in [2.45, 2.75) is 64.0 Å². The zero-order chi connectivity index (χ0) is 21.0. The third kappa shape index (κ3) is 7.31. The van der Waals surface area contributed by atoms with Crippen LogP contribution in [-0.4, -0.2) is 56.1 Å². The number of nitrogens with one attached hydrogen (secondary N) is 2. The largest absolute Gasteiger partial charge is 0.377 e. The molecule has 0 aromatic heterocycles. The minimum Gasteiger partial charge on any atom is -0.377 e. The van der Waals surface area contributed by atoms with Gasteiger partial charge in [-0.15, -0.1) is 0 Å². The summed E-state index contributed by atoms with van der Waals surface area (Å²) in [5, 5.41) is 6.88. The Morgan fingerprint density at radius 3 is 2.70 bits per heavy atom. The van der Waals surface area contributed by atoms with Crippen LogP contribution in [-0.2, 0) is 16.1 Å². The molecule has 1 amide bonds. The van der Waals surface area contributed by atoms with Gasteiger partial charge in [-0.2, -0.15) is 0 Å². The zero-order valence-corrected chi connectivity index (χ0v) is 18.4. The molecule has 0 radical (unpaired) electrons. The molecule has 1 aliphatic carbocycles. The van der Waals surface area contributed by atoms with E-state index in [0.717, 1.165) is 64.3 Å². The average Bonchev–Trinajstić information content (AvgIpc) is 3.27. The quantitative estimate of drug-likeness (QED) is 0.370. The maximum Gasteiger partial charge on any atom is 0.225 e. The van der Waals surface area contributed by atoms with Crippen LogP contribution in [0.5, 0.6) is 0 Å². The smallest absolute Gasteiger partial charge is 0.225 e. The minimum absolute atomic E-state index is 0.263. The van der Waals surface area contributed by atoms with Crippen molar-refractivity contribution in [3.05, 3.63) is 35.9 Å². The molecule has 6 nitrogen and oxygen atoms in total. The van der Waals surface area contributed by atoms with Gasteiger partial charge < -0.3 is 20.3 Å². The number of unbranched alkanes of at least 4 members (excludes halogenated alkanes) is 1. The van der Waals surface area contributed by atoms with Crippen LogP contribution in [0.1, 0.15) is 56.9 Å². The van der Waals surface area contributed by atoms with Crippen LogP contribution in [0.25, 0.3) is 0 Å². The molecule has 30 heavy (non-hydrogen) atoms. The maximum absolute atomic E-state index is 12.7. The van der Waals surface area contributed by atoms with Crippen molar-refractivity contribution in [2.75, 3.05) is 33.3 Å². The Labute approximate surface area is 181 Å². The van der Waals surface area contributed by atoms with E-state index >= 15 is 0 Å². The molecular formula is C24H38N4O2. The van der Waals surface area contributed by atoms with E-state index in [1.807, 2.05) is 18.2 Å². The third-order valence-electron chi connectivity index (χ3n) is 6.14. The number of rotatable bonds is 9. The van der Waals surface area contributed by atoms with E-state index in [-0.39, 0.29) is 12.0 Å². The van der Waals surface area contributed by atoms with Gasteiger partial charge in [0.2, 0.25) is 5.91 Å². The van der Waals surface area contributed by atoms with Gasteiger partial charge in [0.05, 0.1) is 6.61 Å². The van der Waals surface area contributed by atoms with Gasteiger partial charge in [0.25, 0.3) is 0 Å². The molecule has 166 valence electrons. The van der Waals surface area contributed by atoms with Crippen molar-refractivity contribution < 1.29 is 9.53 Å². The summed E-state index contributed by atoms with van der Waals surface area (Å²) >= 11 is 0. The number of carbonyl (C=O) groups is 1. The molecule has 1 heterocycles. The molecule has 1 aromatic carbocycles. The number of amides is 1. The first-order chi connectivity index (χ1) is 14.8. The normalized spacial score (nSPS) is 20.4. The van der Waals surface area contributed by atoms with Crippen molar-refractivity contribution in [2.24, 2.45) is 10.9 Å². The van der Waals surface area contributed by atoms with Gasteiger partial charge in [-0.3, -0.25) is 9.79 Å². The van der Waals surface area contributed by atoms with Crippen LogP contribution < -0.4 is 10.6 Å². The number of aliphatic imine (C=N–C) groups is 1. The molecule has 0 spiro atoms. The van der Waals surface area contributed by atoms with Gasteiger partial charge >= 0.3 is 0 Å². The third-order valence-corrected chi connectivity index (χ3v) is 6.14. The molecule has 2 fully saturated rings. The monoisotopic (exact) mass is 414 g/mol. The molecule has 1 saturated heterocycles. The van der Waals surface area contributed by atoms with E-state index in [0.29, 0.717) is 12.5 Å². The van der Waals surface area contributed by atoms with Crippen LogP contribution in [0.15, 0.2) is 35.3 Å². The van der Waals surface area contributed by atoms with E-state index < -0.39 is 0 Å². The summed E-state index contributed by atoms with van der Waals surface area (Å²) in [5.74, 6) is 1.47. The Bertz CT molecular complexity index is 658. The van der Waals surface area contributed by atoms with Gasteiger partial charge in [0.1, 0.15) is 0 Å². The summed E-state index contributed by atoms with van der Waals surface area (Å²) in [6.45, 7) is 3.97. The highest BCUT2D eigenvalue weighted by molar-refractivity contribution is 5.81. The molecule has 1 aliphatic heterocycles. The average molecular weight is 415 g/mol. The first-order valence-corrected chi connectivity index (χ1v) is 11.6. The van der Waals surface area contributed by atoms with E-state index in [2.05, 4.69) is 32.7 Å². The van der Waals surface area contributed by atoms with Gasteiger partial charge in [-0.25, -0.2) is 0 Å².